The molecule has 2 saturated heterocycles. The maximum Gasteiger partial charge on any atom is 0.254 e. The number of hydrogen-bond donors (Lipinski definition) is 0. The number of ether oxygens (including phenoxy) is 1. The van der Waals surface area contributed by atoms with Gasteiger partial charge in [-0.1, -0.05) is 6.92 Å². The van der Waals surface area contributed by atoms with Gasteiger partial charge in [-0.3, -0.25) is 4.79 Å². The molecule has 2 aliphatic rings. The van der Waals surface area contributed by atoms with Gasteiger partial charge in [-0.15, -0.1) is 0 Å². The maximum absolute atomic E-state index is 13.1. The van der Waals surface area contributed by atoms with Crippen LogP contribution in [0.1, 0.15) is 43.5 Å². The lowest BCUT2D eigenvalue weighted by molar-refractivity contribution is 0.0529. The van der Waals surface area contributed by atoms with E-state index in [-0.39, 0.29) is 12.0 Å². The second-order valence-electron chi connectivity index (χ2n) is 7.37. The normalized spacial score (nSPS) is 21.2. The Morgan fingerprint density at radius 2 is 2.12 bits per heavy atom. The van der Waals surface area contributed by atoms with E-state index in [1.807, 2.05) is 17.0 Å². The van der Waals surface area contributed by atoms with Crippen molar-refractivity contribution < 1.29 is 9.53 Å². The third kappa shape index (κ3) is 4.95. The molecule has 1 amide bonds. The second kappa shape index (κ2) is 9.33. The Bertz CT molecular complexity index is 589. The molecule has 0 saturated carbocycles. The summed E-state index contributed by atoms with van der Waals surface area (Å²) in [6.07, 6.45) is 5.50. The number of carbonyl (C=O) groups excluding carboxylic acids is 1. The van der Waals surface area contributed by atoms with Gasteiger partial charge in [0.15, 0.2) is 0 Å². The number of rotatable bonds is 7. The number of aromatic nitrogens is 1. The first kappa shape index (κ1) is 19.1. The number of likely N-dealkylation sites (tertiary alicyclic amines) is 1. The zero-order valence-electron chi connectivity index (χ0n) is 16.2. The summed E-state index contributed by atoms with van der Waals surface area (Å²) >= 11 is 0. The molecule has 0 aliphatic carbocycles. The van der Waals surface area contributed by atoms with Crippen molar-refractivity contribution in [1.29, 1.82) is 0 Å². The van der Waals surface area contributed by atoms with Gasteiger partial charge in [-0.2, -0.15) is 0 Å². The number of hydrogen-bond acceptors (Lipinski definition) is 5. The number of carbonyl (C=O) groups is 1. The van der Waals surface area contributed by atoms with Crippen LogP contribution < -0.4 is 4.90 Å². The third-order valence-corrected chi connectivity index (χ3v) is 5.22. The molecule has 26 heavy (non-hydrogen) atoms. The lowest BCUT2D eigenvalue weighted by Crippen LogP contribution is -2.42. The molecule has 0 spiro atoms. The van der Waals surface area contributed by atoms with Gasteiger partial charge in [0.2, 0.25) is 0 Å². The van der Waals surface area contributed by atoms with Gasteiger partial charge in [0, 0.05) is 44.5 Å². The van der Waals surface area contributed by atoms with E-state index in [1.54, 1.807) is 6.20 Å². The lowest BCUT2D eigenvalue weighted by atomic mass is 10.2. The van der Waals surface area contributed by atoms with Crippen LogP contribution in [0.4, 0.5) is 5.82 Å². The van der Waals surface area contributed by atoms with E-state index in [9.17, 15) is 4.79 Å². The predicted octanol–water partition coefficient (Wildman–Crippen LogP) is 2.25. The van der Waals surface area contributed by atoms with Crippen molar-refractivity contribution >= 4 is 11.7 Å². The molecule has 0 bridgehead atoms. The summed E-state index contributed by atoms with van der Waals surface area (Å²) in [5.41, 5.74) is 0.740. The molecule has 6 nitrogen and oxygen atoms in total. The Morgan fingerprint density at radius 1 is 1.31 bits per heavy atom. The smallest absolute Gasteiger partial charge is 0.254 e. The van der Waals surface area contributed by atoms with Crippen LogP contribution in [0.15, 0.2) is 18.3 Å². The molecule has 3 heterocycles. The Labute approximate surface area is 157 Å². The van der Waals surface area contributed by atoms with E-state index in [1.165, 1.54) is 25.9 Å². The molecule has 2 fully saturated rings. The van der Waals surface area contributed by atoms with E-state index in [4.69, 9.17) is 4.74 Å². The van der Waals surface area contributed by atoms with Gasteiger partial charge in [-0.25, -0.2) is 4.98 Å². The molecule has 0 radical (unpaired) electrons. The molecule has 1 aromatic rings. The molecule has 2 aliphatic heterocycles. The SMILES string of the molecule is CCCN(CCN1CCCC1)C(=O)c1ccnc(N2CCOC(C)C2)c1. The van der Waals surface area contributed by atoms with Crippen molar-refractivity contribution in [2.75, 3.05) is 57.3 Å². The Morgan fingerprint density at radius 3 is 2.85 bits per heavy atom. The van der Waals surface area contributed by atoms with Crippen LogP contribution >= 0.6 is 0 Å². The average Bonchev–Trinajstić information content (AvgIpc) is 3.18. The lowest BCUT2D eigenvalue weighted by Gasteiger charge is -2.32. The Hall–Kier alpha value is -1.66. The van der Waals surface area contributed by atoms with Gasteiger partial charge in [0.05, 0.1) is 12.7 Å². The van der Waals surface area contributed by atoms with Gasteiger partial charge < -0.3 is 19.4 Å². The van der Waals surface area contributed by atoms with Gasteiger partial charge in [0.25, 0.3) is 5.91 Å². The molecule has 0 aromatic carbocycles. The molecular weight excluding hydrogens is 328 g/mol. The summed E-state index contributed by atoms with van der Waals surface area (Å²) in [7, 11) is 0. The first-order valence-corrected chi connectivity index (χ1v) is 10.0. The molecule has 1 unspecified atom stereocenters. The summed E-state index contributed by atoms with van der Waals surface area (Å²) in [5, 5.41) is 0. The highest BCUT2D eigenvalue weighted by Crippen LogP contribution is 2.18. The number of anilines is 1. The van der Waals surface area contributed by atoms with Crippen LogP contribution in [0, 0.1) is 0 Å². The summed E-state index contributed by atoms with van der Waals surface area (Å²) in [6, 6.07) is 3.78. The average molecular weight is 361 g/mol. The van der Waals surface area contributed by atoms with Crippen molar-refractivity contribution in [3.63, 3.8) is 0 Å². The molecule has 1 atom stereocenters. The fourth-order valence-electron chi connectivity index (χ4n) is 3.79. The van der Waals surface area contributed by atoms with Crippen LogP contribution in [0.3, 0.4) is 0 Å². The van der Waals surface area contributed by atoms with Crippen molar-refractivity contribution in [3.8, 4) is 0 Å². The van der Waals surface area contributed by atoms with E-state index in [0.29, 0.717) is 6.61 Å². The van der Waals surface area contributed by atoms with E-state index in [2.05, 4.69) is 28.6 Å². The number of amides is 1. The fraction of sp³-hybridized carbons (Fsp3) is 0.700. The largest absolute Gasteiger partial charge is 0.375 e. The van der Waals surface area contributed by atoms with Crippen molar-refractivity contribution in [2.45, 2.75) is 39.2 Å². The van der Waals surface area contributed by atoms with E-state index in [0.717, 1.165) is 50.5 Å². The van der Waals surface area contributed by atoms with E-state index < -0.39 is 0 Å². The van der Waals surface area contributed by atoms with Crippen LogP contribution in [-0.2, 0) is 4.74 Å². The highest BCUT2D eigenvalue weighted by molar-refractivity contribution is 5.94. The minimum atomic E-state index is 0.121. The van der Waals surface area contributed by atoms with Crippen LogP contribution in [0.2, 0.25) is 0 Å². The maximum atomic E-state index is 13.1. The molecule has 1 aromatic heterocycles. The number of pyridine rings is 1. The molecular formula is C20H32N4O2. The second-order valence-corrected chi connectivity index (χ2v) is 7.37. The molecule has 0 N–H and O–H groups in total. The molecule has 3 rings (SSSR count). The highest BCUT2D eigenvalue weighted by Gasteiger charge is 2.21. The van der Waals surface area contributed by atoms with Crippen molar-refractivity contribution in [1.82, 2.24) is 14.8 Å². The minimum Gasteiger partial charge on any atom is -0.375 e. The van der Waals surface area contributed by atoms with E-state index >= 15 is 0 Å². The molecule has 6 heteroatoms. The van der Waals surface area contributed by atoms with Crippen molar-refractivity contribution in [2.24, 2.45) is 0 Å². The monoisotopic (exact) mass is 360 g/mol. The summed E-state index contributed by atoms with van der Waals surface area (Å²) < 4.78 is 5.61. The summed E-state index contributed by atoms with van der Waals surface area (Å²) in [6.45, 7) is 11.5. The first-order chi connectivity index (χ1) is 12.7. The third-order valence-electron chi connectivity index (χ3n) is 5.22. The van der Waals surface area contributed by atoms with Gasteiger partial charge in [-0.05, 0) is 51.4 Å². The predicted molar refractivity (Wildman–Crippen MR) is 104 cm³/mol. The molecule has 144 valence electrons. The summed E-state index contributed by atoms with van der Waals surface area (Å²) in [4.78, 5) is 24.2. The Balaban J connectivity index is 1.66. The minimum absolute atomic E-state index is 0.121. The zero-order valence-corrected chi connectivity index (χ0v) is 16.2. The Kier molecular flexibility index (Phi) is 6.86. The standard InChI is InChI=1S/C20H32N4O2/c1-3-8-23(12-11-22-9-4-5-10-22)20(25)18-6-7-21-19(15-18)24-13-14-26-17(2)16-24/h6-7,15,17H,3-5,8-14,16H2,1-2H3. The van der Waals surface area contributed by atoms with Gasteiger partial charge in [0.1, 0.15) is 5.82 Å². The highest BCUT2D eigenvalue weighted by atomic mass is 16.5. The van der Waals surface area contributed by atoms with Gasteiger partial charge >= 0.3 is 0 Å². The van der Waals surface area contributed by atoms with Crippen LogP contribution in [-0.4, -0.2) is 79.2 Å². The van der Waals surface area contributed by atoms with Crippen LogP contribution in [0.25, 0.3) is 0 Å². The quantitative estimate of drug-likeness (QED) is 0.746. The number of morpholine rings is 1. The van der Waals surface area contributed by atoms with Crippen molar-refractivity contribution in [3.05, 3.63) is 23.9 Å². The zero-order chi connectivity index (χ0) is 18.4. The first-order valence-electron chi connectivity index (χ1n) is 10.0. The van der Waals surface area contributed by atoms with Crippen LogP contribution in [0.5, 0.6) is 0 Å². The fourth-order valence-corrected chi connectivity index (χ4v) is 3.79. The number of nitrogens with zero attached hydrogens (tertiary/aromatic N) is 4. The summed E-state index contributed by atoms with van der Waals surface area (Å²) in [5.74, 6) is 0.998. The topological polar surface area (TPSA) is 48.9 Å².